The van der Waals surface area contributed by atoms with Gasteiger partial charge in [-0.25, -0.2) is 0 Å². The fourth-order valence-corrected chi connectivity index (χ4v) is 2.46. The summed E-state index contributed by atoms with van der Waals surface area (Å²) in [6.07, 6.45) is 0.763. The number of carboxylic acid groups (broad SMARTS) is 1. The monoisotopic (exact) mass is 303 g/mol. The van der Waals surface area contributed by atoms with E-state index in [4.69, 9.17) is 16.7 Å². The van der Waals surface area contributed by atoms with Crippen LogP contribution < -0.4 is 4.90 Å². The largest absolute Gasteiger partial charge is 0.480 e. The lowest BCUT2D eigenvalue weighted by atomic mass is 10.1. The smallest absolute Gasteiger partial charge is 0.323 e. The lowest BCUT2D eigenvalue weighted by molar-refractivity contribution is -0.135. The SMILES string of the molecule is CC(Cc1ccc(Cl)cc1)N(CC(=O)O)c1ccccc1. The van der Waals surface area contributed by atoms with Gasteiger partial charge in [0.15, 0.2) is 0 Å². The quantitative estimate of drug-likeness (QED) is 0.881. The third-order valence-electron chi connectivity index (χ3n) is 3.37. The number of rotatable bonds is 6. The molecule has 4 heteroatoms. The van der Waals surface area contributed by atoms with Gasteiger partial charge in [-0.2, -0.15) is 0 Å². The summed E-state index contributed by atoms with van der Waals surface area (Å²) < 4.78 is 0. The van der Waals surface area contributed by atoms with E-state index in [1.54, 1.807) is 0 Å². The minimum absolute atomic E-state index is 0.0151. The van der Waals surface area contributed by atoms with E-state index >= 15 is 0 Å². The van der Waals surface area contributed by atoms with Crippen LogP contribution in [0, 0.1) is 0 Å². The summed E-state index contributed by atoms with van der Waals surface area (Å²) in [7, 11) is 0. The molecule has 1 unspecified atom stereocenters. The molecule has 0 saturated carbocycles. The minimum atomic E-state index is -0.832. The lowest BCUT2D eigenvalue weighted by Gasteiger charge is -2.30. The van der Waals surface area contributed by atoms with E-state index < -0.39 is 5.97 Å². The van der Waals surface area contributed by atoms with Crippen LogP contribution in [0.3, 0.4) is 0 Å². The first-order valence-electron chi connectivity index (χ1n) is 6.84. The van der Waals surface area contributed by atoms with Crippen molar-refractivity contribution in [3.63, 3.8) is 0 Å². The number of anilines is 1. The molecule has 0 heterocycles. The van der Waals surface area contributed by atoms with Gasteiger partial charge in [0, 0.05) is 16.8 Å². The highest BCUT2D eigenvalue weighted by molar-refractivity contribution is 6.30. The number of hydrogen-bond acceptors (Lipinski definition) is 2. The summed E-state index contributed by atoms with van der Waals surface area (Å²) in [5, 5.41) is 9.84. The average molecular weight is 304 g/mol. The Hall–Kier alpha value is -2.00. The molecular formula is C17H18ClNO2. The number of para-hydroxylation sites is 1. The molecule has 0 fully saturated rings. The van der Waals surface area contributed by atoms with Gasteiger partial charge in [0.2, 0.25) is 0 Å². The van der Waals surface area contributed by atoms with Crippen LogP contribution in [-0.4, -0.2) is 23.7 Å². The Morgan fingerprint density at radius 2 is 1.76 bits per heavy atom. The summed E-state index contributed by atoms with van der Waals surface area (Å²) in [4.78, 5) is 13.0. The van der Waals surface area contributed by atoms with Gasteiger partial charge in [-0.15, -0.1) is 0 Å². The summed E-state index contributed by atoms with van der Waals surface area (Å²) in [6.45, 7) is 2.02. The molecule has 2 rings (SSSR count). The molecule has 1 N–H and O–H groups in total. The van der Waals surface area contributed by atoms with E-state index in [-0.39, 0.29) is 12.6 Å². The molecule has 2 aromatic rings. The van der Waals surface area contributed by atoms with Crippen LogP contribution in [-0.2, 0) is 11.2 Å². The third kappa shape index (κ3) is 4.50. The Kier molecular flexibility index (Phi) is 5.23. The molecule has 21 heavy (non-hydrogen) atoms. The zero-order chi connectivity index (χ0) is 15.2. The van der Waals surface area contributed by atoms with Gasteiger partial charge in [0.1, 0.15) is 6.54 Å². The highest BCUT2D eigenvalue weighted by Gasteiger charge is 2.17. The Labute approximate surface area is 129 Å². The Morgan fingerprint density at radius 1 is 1.14 bits per heavy atom. The zero-order valence-electron chi connectivity index (χ0n) is 11.9. The average Bonchev–Trinajstić information content (AvgIpc) is 2.48. The van der Waals surface area contributed by atoms with Crippen molar-refractivity contribution in [1.29, 1.82) is 0 Å². The first kappa shape index (κ1) is 15.4. The highest BCUT2D eigenvalue weighted by Crippen LogP contribution is 2.19. The molecule has 1 atom stereocenters. The van der Waals surface area contributed by atoms with E-state index in [0.29, 0.717) is 5.02 Å². The summed E-state index contributed by atoms with van der Waals surface area (Å²) in [5.74, 6) is -0.832. The number of carboxylic acids is 1. The number of halogens is 1. The van der Waals surface area contributed by atoms with E-state index in [9.17, 15) is 4.79 Å². The summed E-state index contributed by atoms with van der Waals surface area (Å²) in [6, 6.07) is 17.4. The Bertz CT molecular complexity index is 583. The molecule has 110 valence electrons. The second-order valence-electron chi connectivity index (χ2n) is 5.04. The van der Waals surface area contributed by atoms with E-state index in [0.717, 1.165) is 17.7 Å². The fourth-order valence-electron chi connectivity index (χ4n) is 2.34. The Morgan fingerprint density at radius 3 is 2.33 bits per heavy atom. The molecule has 0 aliphatic heterocycles. The molecular weight excluding hydrogens is 286 g/mol. The van der Waals surface area contributed by atoms with Crippen molar-refractivity contribution in [3.05, 3.63) is 65.2 Å². The van der Waals surface area contributed by atoms with Gasteiger partial charge in [0.25, 0.3) is 0 Å². The van der Waals surface area contributed by atoms with E-state index in [2.05, 4.69) is 0 Å². The van der Waals surface area contributed by atoms with Gasteiger partial charge >= 0.3 is 5.97 Å². The van der Waals surface area contributed by atoms with Crippen molar-refractivity contribution in [3.8, 4) is 0 Å². The second-order valence-corrected chi connectivity index (χ2v) is 5.47. The summed E-state index contributed by atoms with van der Waals surface area (Å²) in [5.41, 5.74) is 2.06. The van der Waals surface area contributed by atoms with Crippen molar-refractivity contribution in [1.82, 2.24) is 0 Å². The normalized spacial score (nSPS) is 11.9. The summed E-state index contributed by atoms with van der Waals surface area (Å²) >= 11 is 5.89. The molecule has 0 amide bonds. The topological polar surface area (TPSA) is 40.5 Å². The van der Waals surface area contributed by atoms with Crippen LogP contribution in [0.2, 0.25) is 5.02 Å². The molecule has 0 aliphatic rings. The highest BCUT2D eigenvalue weighted by atomic mass is 35.5. The lowest BCUT2D eigenvalue weighted by Crippen LogP contribution is -2.38. The van der Waals surface area contributed by atoms with Crippen molar-refractivity contribution in [2.45, 2.75) is 19.4 Å². The maximum Gasteiger partial charge on any atom is 0.323 e. The fraction of sp³-hybridized carbons (Fsp3) is 0.235. The van der Waals surface area contributed by atoms with Gasteiger partial charge < -0.3 is 10.0 Å². The van der Waals surface area contributed by atoms with E-state index in [1.165, 1.54) is 0 Å². The molecule has 2 aromatic carbocycles. The first-order chi connectivity index (χ1) is 10.1. The standard InChI is InChI=1S/C17H18ClNO2/c1-13(11-14-7-9-15(18)10-8-14)19(12-17(20)21)16-5-3-2-4-6-16/h2-10,13H,11-12H2,1H3,(H,20,21). The van der Waals surface area contributed by atoms with Gasteiger partial charge in [-0.3, -0.25) is 4.79 Å². The number of nitrogens with zero attached hydrogens (tertiary/aromatic N) is 1. The van der Waals surface area contributed by atoms with Gasteiger partial charge in [-0.1, -0.05) is 41.9 Å². The second kappa shape index (κ2) is 7.14. The molecule has 3 nitrogen and oxygen atoms in total. The zero-order valence-corrected chi connectivity index (χ0v) is 12.6. The van der Waals surface area contributed by atoms with Crippen LogP contribution in [0.4, 0.5) is 5.69 Å². The van der Waals surface area contributed by atoms with Crippen LogP contribution in [0.25, 0.3) is 0 Å². The maximum absolute atomic E-state index is 11.1. The molecule has 0 radical (unpaired) electrons. The molecule has 0 bridgehead atoms. The van der Waals surface area contributed by atoms with Crippen LogP contribution in [0.5, 0.6) is 0 Å². The van der Waals surface area contributed by atoms with Crippen LogP contribution in [0.1, 0.15) is 12.5 Å². The van der Waals surface area contributed by atoms with E-state index in [1.807, 2.05) is 66.4 Å². The molecule has 0 spiro atoms. The molecule has 0 aliphatic carbocycles. The first-order valence-corrected chi connectivity index (χ1v) is 7.22. The number of carbonyl (C=O) groups is 1. The van der Waals surface area contributed by atoms with Crippen LogP contribution >= 0.6 is 11.6 Å². The molecule has 0 aromatic heterocycles. The number of hydrogen-bond donors (Lipinski definition) is 1. The predicted octanol–water partition coefficient (Wildman–Crippen LogP) is 3.86. The van der Waals surface area contributed by atoms with Crippen molar-refractivity contribution in [2.24, 2.45) is 0 Å². The minimum Gasteiger partial charge on any atom is -0.480 e. The molecule has 0 saturated heterocycles. The predicted molar refractivity (Wildman–Crippen MR) is 86.0 cm³/mol. The maximum atomic E-state index is 11.1. The van der Waals surface area contributed by atoms with Crippen LogP contribution in [0.15, 0.2) is 54.6 Å². The third-order valence-corrected chi connectivity index (χ3v) is 3.62. The van der Waals surface area contributed by atoms with Gasteiger partial charge in [-0.05, 0) is 43.2 Å². The van der Waals surface area contributed by atoms with Crippen molar-refractivity contribution in [2.75, 3.05) is 11.4 Å². The van der Waals surface area contributed by atoms with Gasteiger partial charge in [0.05, 0.1) is 0 Å². The number of aliphatic carboxylic acids is 1. The number of benzene rings is 2. The Balaban J connectivity index is 2.16. The van der Waals surface area contributed by atoms with Crippen molar-refractivity contribution < 1.29 is 9.90 Å². The van der Waals surface area contributed by atoms with Crippen molar-refractivity contribution >= 4 is 23.3 Å².